The summed E-state index contributed by atoms with van der Waals surface area (Å²) in [4.78, 5) is 24.0. The fraction of sp³-hybridized carbons (Fsp3) is 0.556. The van der Waals surface area contributed by atoms with Crippen LogP contribution < -0.4 is 15.2 Å². The van der Waals surface area contributed by atoms with E-state index in [1.165, 1.54) is 6.38 Å². The number of esters is 1. The summed E-state index contributed by atoms with van der Waals surface area (Å²) in [5, 5.41) is 1.70. The third kappa shape index (κ3) is 8.63. The summed E-state index contributed by atoms with van der Waals surface area (Å²) in [6, 6.07) is 6.92. The molecule has 2 aromatic rings. The lowest BCUT2D eigenvalue weighted by molar-refractivity contribution is -0.137. The first-order valence-corrected chi connectivity index (χ1v) is 12.4. The number of carbonyl (C=O) groups excluding carboxylic acids is 2. The van der Waals surface area contributed by atoms with Gasteiger partial charge in [0.1, 0.15) is 6.04 Å². The van der Waals surface area contributed by atoms with Crippen molar-refractivity contribution in [1.29, 1.82) is 0 Å². The van der Waals surface area contributed by atoms with Crippen LogP contribution in [-0.4, -0.2) is 24.9 Å². The summed E-state index contributed by atoms with van der Waals surface area (Å²) in [6.45, 7) is 16.8. The molecule has 33 heavy (non-hydrogen) atoms. The SMILES string of the molecule is CC.CCC(C)C(N)C(=O)Oc1c(OC=O)c(CCC(C)(C)C)c(C)c2ccccc12.CCl. The number of carbonyl (C=O) groups is 2. The second-order valence-corrected chi connectivity index (χ2v) is 8.91. The van der Waals surface area contributed by atoms with Crippen molar-refractivity contribution in [2.24, 2.45) is 17.1 Å². The Morgan fingerprint density at radius 1 is 1.12 bits per heavy atom. The largest absolute Gasteiger partial charge is 0.424 e. The van der Waals surface area contributed by atoms with Gasteiger partial charge in [0.15, 0.2) is 11.5 Å². The number of nitrogens with two attached hydrogens (primary N) is 1. The number of benzene rings is 2. The Labute approximate surface area is 205 Å². The monoisotopic (exact) mass is 479 g/mol. The molecule has 6 heteroatoms. The maximum absolute atomic E-state index is 12.7. The molecule has 0 radical (unpaired) electrons. The highest BCUT2D eigenvalue weighted by atomic mass is 35.5. The van der Waals surface area contributed by atoms with Crippen molar-refractivity contribution >= 4 is 34.8 Å². The van der Waals surface area contributed by atoms with E-state index in [9.17, 15) is 9.59 Å². The molecule has 0 aliphatic heterocycles. The van der Waals surface area contributed by atoms with Gasteiger partial charge >= 0.3 is 5.97 Å². The summed E-state index contributed by atoms with van der Waals surface area (Å²) in [7, 11) is 0. The summed E-state index contributed by atoms with van der Waals surface area (Å²) in [5.41, 5.74) is 8.09. The van der Waals surface area contributed by atoms with Crippen molar-refractivity contribution in [3.63, 3.8) is 0 Å². The minimum absolute atomic E-state index is 0.0185. The minimum atomic E-state index is -0.748. The summed E-state index contributed by atoms with van der Waals surface area (Å²) in [5.74, 6) is 0.0389. The third-order valence-electron chi connectivity index (χ3n) is 5.53. The van der Waals surface area contributed by atoms with Crippen molar-refractivity contribution in [2.75, 3.05) is 6.38 Å². The number of ether oxygens (including phenoxy) is 2. The normalized spacial score (nSPS) is 12.5. The second-order valence-electron chi connectivity index (χ2n) is 8.91. The Hall–Kier alpha value is -2.11. The van der Waals surface area contributed by atoms with E-state index in [1.807, 2.05) is 58.9 Å². The summed E-state index contributed by atoms with van der Waals surface area (Å²) >= 11 is 4.64. The van der Waals surface area contributed by atoms with Crippen molar-refractivity contribution in [3.05, 3.63) is 35.4 Å². The molecule has 0 aromatic heterocycles. The Morgan fingerprint density at radius 2 is 1.67 bits per heavy atom. The first-order chi connectivity index (χ1) is 15.6. The lowest BCUT2D eigenvalue weighted by Gasteiger charge is -2.23. The Balaban J connectivity index is 0.00000242. The van der Waals surface area contributed by atoms with Gasteiger partial charge in [0.2, 0.25) is 0 Å². The number of halogens is 1. The average molecular weight is 480 g/mol. The van der Waals surface area contributed by atoms with Crippen LogP contribution in [0.3, 0.4) is 0 Å². The zero-order chi connectivity index (χ0) is 25.8. The van der Waals surface area contributed by atoms with E-state index in [0.29, 0.717) is 18.6 Å². The minimum Gasteiger partial charge on any atom is -0.424 e. The molecule has 0 saturated heterocycles. The number of hydrogen-bond donors (Lipinski definition) is 1. The maximum atomic E-state index is 12.7. The van der Waals surface area contributed by atoms with E-state index in [2.05, 4.69) is 32.4 Å². The lowest BCUT2D eigenvalue weighted by Crippen LogP contribution is -2.39. The van der Waals surface area contributed by atoms with Crippen LogP contribution in [0.5, 0.6) is 11.5 Å². The van der Waals surface area contributed by atoms with Gasteiger partial charge in [0, 0.05) is 17.3 Å². The van der Waals surface area contributed by atoms with Gasteiger partial charge in [-0.1, -0.05) is 79.2 Å². The van der Waals surface area contributed by atoms with E-state index in [1.54, 1.807) is 0 Å². The Bertz CT molecular complexity index is 890. The van der Waals surface area contributed by atoms with Crippen molar-refractivity contribution in [3.8, 4) is 11.5 Å². The van der Waals surface area contributed by atoms with Gasteiger partial charge in [-0.3, -0.25) is 4.79 Å². The predicted octanol–water partition coefficient (Wildman–Crippen LogP) is 6.82. The Morgan fingerprint density at radius 3 is 2.15 bits per heavy atom. The van der Waals surface area contributed by atoms with Crippen LogP contribution in [0.1, 0.15) is 72.4 Å². The molecule has 0 aliphatic rings. The molecule has 0 saturated carbocycles. The van der Waals surface area contributed by atoms with Gasteiger partial charge < -0.3 is 15.2 Å². The average Bonchev–Trinajstić information content (AvgIpc) is 2.82. The molecule has 0 spiro atoms. The van der Waals surface area contributed by atoms with Gasteiger partial charge in [0.25, 0.3) is 6.47 Å². The molecule has 0 bridgehead atoms. The van der Waals surface area contributed by atoms with Gasteiger partial charge in [-0.05, 0) is 42.0 Å². The third-order valence-corrected chi connectivity index (χ3v) is 5.53. The topological polar surface area (TPSA) is 78.6 Å². The first kappa shape index (κ1) is 30.9. The van der Waals surface area contributed by atoms with Crippen LogP contribution >= 0.6 is 11.6 Å². The van der Waals surface area contributed by atoms with E-state index in [0.717, 1.165) is 34.7 Å². The zero-order valence-electron chi connectivity index (χ0n) is 21.8. The Kier molecular flexibility index (Phi) is 14.0. The molecule has 0 fully saturated rings. The molecule has 2 unspecified atom stereocenters. The van der Waals surface area contributed by atoms with Gasteiger partial charge in [-0.15, -0.1) is 11.6 Å². The highest BCUT2D eigenvalue weighted by Gasteiger charge is 2.27. The molecule has 2 atom stereocenters. The fourth-order valence-corrected chi connectivity index (χ4v) is 3.33. The van der Waals surface area contributed by atoms with Crippen LogP contribution in [0, 0.1) is 18.3 Å². The highest BCUT2D eigenvalue weighted by molar-refractivity contribution is 6.15. The molecular weight excluding hydrogens is 438 g/mol. The van der Waals surface area contributed by atoms with E-state index in [-0.39, 0.29) is 17.1 Å². The van der Waals surface area contributed by atoms with Crippen LogP contribution in [0.15, 0.2) is 24.3 Å². The van der Waals surface area contributed by atoms with E-state index >= 15 is 0 Å². The van der Waals surface area contributed by atoms with Crippen LogP contribution in [-0.2, 0) is 16.0 Å². The molecule has 2 rings (SSSR count). The van der Waals surface area contributed by atoms with Crippen LogP contribution in [0.2, 0.25) is 0 Å². The molecule has 0 aliphatic carbocycles. The molecule has 5 nitrogen and oxygen atoms in total. The van der Waals surface area contributed by atoms with Crippen molar-refractivity contribution in [1.82, 2.24) is 0 Å². The van der Waals surface area contributed by atoms with E-state index in [4.69, 9.17) is 15.2 Å². The number of aryl methyl sites for hydroxylation is 1. The molecule has 2 N–H and O–H groups in total. The number of alkyl halides is 1. The summed E-state index contributed by atoms with van der Waals surface area (Å²) in [6.07, 6.45) is 3.83. The molecule has 0 heterocycles. The van der Waals surface area contributed by atoms with E-state index < -0.39 is 12.0 Å². The van der Waals surface area contributed by atoms with Gasteiger partial charge in [-0.25, -0.2) is 4.79 Å². The van der Waals surface area contributed by atoms with Crippen LogP contribution in [0.25, 0.3) is 10.8 Å². The standard InChI is InChI=1S/C24H33NO4.C2H6.CH3Cl/c1-7-15(2)20(25)23(27)29-22-19-11-9-8-10-17(19)16(3)18(21(22)28-14-26)12-13-24(4,5)6;2*1-2/h8-11,14-15,20H,7,12-13,25H2,1-6H3;1-2H3;1H3. The van der Waals surface area contributed by atoms with Gasteiger partial charge in [-0.2, -0.15) is 0 Å². The van der Waals surface area contributed by atoms with Gasteiger partial charge in [0.05, 0.1) is 0 Å². The number of hydrogen-bond acceptors (Lipinski definition) is 5. The maximum Gasteiger partial charge on any atom is 0.328 e. The molecular formula is C27H42ClNO4. The molecule has 0 amide bonds. The van der Waals surface area contributed by atoms with Crippen LogP contribution in [0.4, 0.5) is 0 Å². The zero-order valence-corrected chi connectivity index (χ0v) is 22.5. The lowest BCUT2D eigenvalue weighted by atomic mass is 9.86. The number of fused-ring (bicyclic) bond motifs is 1. The smallest absolute Gasteiger partial charge is 0.328 e. The van der Waals surface area contributed by atoms with Crippen molar-refractivity contribution in [2.45, 2.75) is 80.7 Å². The molecule has 186 valence electrons. The summed E-state index contributed by atoms with van der Waals surface area (Å²) < 4.78 is 11.2. The fourth-order valence-electron chi connectivity index (χ4n) is 3.33. The predicted molar refractivity (Wildman–Crippen MR) is 139 cm³/mol. The quantitative estimate of drug-likeness (QED) is 0.194. The number of rotatable bonds is 8. The highest BCUT2D eigenvalue weighted by Crippen LogP contribution is 2.43. The first-order valence-electron chi connectivity index (χ1n) is 11.6. The van der Waals surface area contributed by atoms with Crippen molar-refractivity contribution < 1.29 is 19.1 Å². The second kappa shape index (κ2) is 14.9. The molecule has 2 aromatic carbocycles.